The Hall–Kier alpha value is -1.59. The first kappa shape index (κ1) is 14.4. The molecule has 5 heteroatoms. The van der Waals surface area contributed by atoms with E-state index in [1.807, 2.05) is 12.1 Å². The summed E-state index contributed by atoms with van der Waals surface area (Å²) < 4.78 is 5.77. The Morgan fingerprint density at radius 1 is 1.38 bits per heavy atom. The van der Waals surface area contributed by atoms with E-state index in [-0.39, 0.29) is 5.91 Å². The maximum Gasteiger partial charge on any atom is 0.221 e. The molecule has 114 valence electrons. The van der Waals surface area contributed by atoms with Crippen molar-refractivity contribution >= 4 is 11.6 Å². The molecule has 4 rings (SSSR count). The lowest BCUT2D eigenvalue weighted by Gasteiger charge is -2.49. The van der Waals surface area contributed by atoms with E-state index >= 15 is 0 Å². The van der Waals surface area contributed by atoms with E-state index in [0.29, 0.717) is 24.8 Å². The van der Waals surface area contributed by atoms with Crippen LogP contribution in [0.4, 0.5) is 5.69 Å². The predicted octanol–water partition coefficient (Wildman–Crippen LogP) is 1.48. The van der Waals surface area contributed by atoms with Crippen LogP contribution in [0.5, 0.6) is 5.75 Å². The molecule has 3 fully saturated rings. The second-order valence-electron chi connectivity index (χ2n) is 6.15. The number of amides is 1. The molecular weight excluding hydrogens is 268 g/mol. The molecule has 1 amide bonds. The van der Waals surface area contributed by atoms with E-state index in [4.69, 9.17) is 4.74 Å². The zero-order valence-electron chi connectivity index (χ0n) is 12.3. The van der Waals surface area contributed by atoms with Crippen LogP contribution in [0.25, 0.3) is 0 Å². The molecule has 3 heterocycles. The van der Waals surface area contributed by atoms with Crippen molar-refractivity contribution in [3.63, 3.8) is 0 Å². The van der Waals surface area contributed by atoms with Gasteiger partial charge in [-0.1, -0.05) is 0 Å². The van der Waals surface area contributed by atoms with Crippen molar-refractivity contribution in [1.29, 1.82) is 0 Å². The number of rotatable bonds is 4. The standard InChI is InChI=1S/C16H22N2O3/c1-12(19)17-14-2-4-15(5-3-14)21-11-16(20)10-18-8-6-13(16)7-9-18/h2-5,13,20H,6-11H2,1H3,(H,17,19). The third-order valence-electron chi connectivity index (χ3n) is 4.51. The number of carbonyl (C=O) groups excluding carboxylic acids is 1. The summed E-state index contributed by atoms with van der Waals surface area (Å²) in [6, 6.07) is 7.24. The van der Waals surface area contributed by atoms with Crippen LogP contribution in [-0.2, 0) is 4.79 Å². The number of fused-ring (bicyclic) bond motifs is 3. The first-order chi connectivity index (χ1) is 10.0. The Bertz CT molecular complexity index is 509. The van der Waals surface area contributed by atoms with Gasteiger partial charge in [0.25, 0.3) is 0 Å². The number of aliphatic hydroxyl groups is 1. The lowest BCUT2D eigenvalue weighted by molar-refractivity contribution is -0.131. The maximum absolute atomic E-state index is 11.0. The van der Waals surface area contributed by atoms with E-state index in [0.717, 1.165) is 31.6 Å². The quantitative estimate of drug-likeness (QED) is 0.882. The fourth-order valence-corrected chi connectivity index (χ4v) is 3.35. The minimum Gasteiger partial charge on any atom is -0.491 e. The Labute approximate surface area is 124 Å². The lowest BCUT2D eigenvalue weighted by atomic mass is 9.76. The monoisotopic (exact) mass is 290 g/mol. The summed E-state index contributed by atoms with van der Waals surface area (Å²) in [7, 11) is 0. The highest BCUT2D eigenvalue weighted by Gasteiger charge is 2.45. The van der Waals surface area contributed by atoms with Gasteiger partial charge < -0.3 is 20.1 Å². The van der Waals surface area contributed by atoms with Crippen LogP contribution in [0.1, 0.15) is 19.8 Å². The van der Waals surface area contributed by atoms with Gasteiger partial charge in [0.2, 0.25) is 5.91 Å². The van der Waals surface area contributed by atoms with E-state index in [1.54, 1.807) is 12.1 Å². The first-order valence-corrected chi connectivity index (χ1v) is 7.50. The molecule has 5 nitrogen and oxygen atoms in total. The molecule has 21 heavy (non-hydrogen) atoms. The summed E-state index contributed by atoms with van der Waals surface area (Å²) in [4.78, 5) is 13.3. The van der Waals surface area contributed by atoms with Crippen molar-refractivity contribution in [2.45, 2.75) is 25.4 Å². The second kappa shape index (κ2) is 5.66. The van der Waals surface area contributed by atoms with Crippen molar-refractivity contribution in [2.75, 3.05) is 31.6 Å². The van der Waals surface area contributed by atoms with Crippen molar-refractivity contribution in [3.05, 3.63) is 24.3 Å². The lowest BCUT2D eigenvalue weighted by Crippen LogP contribution is -2.61. The molecule has 0 radical (unpaired) electrons. The third-order valence-corrected chi connectivity index (χ3v) is 4.51. The first-order valence-electron chi connectivity index (χ1n) is 7.50. The fourth-order valence-electron chi connectivity index (χ4n) is 3.35. The van der Waals surface area contributed by atoms with E-state index in [1.165, 1.54) is 6.92 Å². The number of nitrogens with one attached hydrogen (secondary N) is 1. The van der Waals surface area contributed by atoms with Crippen LogP contribution >= 0.6 is 0 Å². The topological polar surface area (TPSA) is 61.8 Å². The molecule has 0 saturated carbocycles. The van der Waals surface area contributed by atoms with Gasteiger partial charge in [-0.2, -0.15) is 0 Å². The highest BCUT2D eigenvalue weighted by molar-refractivity contribution is 5.88. The highest BCUT2D eigenvalue weighted by Crippen LogP contribution is 2.36. The molecule has 3 aliphatic heterocycles. The number of ether oxygens (including phenoxy) is 1. The van der Waals surface area contributed by atoms with E-state index in [2.05, 4.69) is 10.2 Å². The summed E-state index contributed by atoms with van der Waals surface area (Å²) in [5.74, 6) is 0.973. The van der Waals surface area contributed by atoms with Gasteiger partial charge >= 0.3 is 0 Å². The zero-order chi connectivity index (χ0) is 14.9. The van der Waals surface area contributed by atoms with Crippen LogP contribution in [0.15, 0.2) is 24.3 Å². The number of hydrogen-bond acceptors (Lipinski definition) is 4. The molecule has 3 saturated heterocycles. The Kier molecular flexibility index (Phi) is 3.87. The minimum absolute atomic E-state index is 0.0924. The van der Waals surface area contributed by atoms with Gasteiger partial charge in [0, 0.05) is 19.2 Å². The van der Waals surface area contributed by atoms with Gasteiger partial charge in [-0.25, -0.2) is 0 Å². The van der Waals surface area contributed by atoms with E-state index in [9.17, 15) is 9.90 Å². The molecule has 1 atom stereocenters. The number of nitrogens with zero attached hydrogens (tertiary/aromatic N) is 1. The van der Waals surface area contributed by atoms with Gasteiger partial charge in [-0.3, -0.25) is 4.79 Å². The summed E-state index contributed by atoms with van der Waals surface area (Å²) in [5, 5.41) is 13.5. The summed E-state index contributed by atoms with van der Waals surface area (Å²) in [6.07, 6.45) is 2.11. The molecule has 0 aliphatic carbocycles. The minimum atomic E-state index is -0.729. The number of anilines is 1. The molecule has 1 aromatic rings. The van der Waals surface area contributed by atoms with Crippen LogP contribution < -0.4 is 10.1 Å². The van der Waals surface area contributed by atoms with Gasteiger partial charge in [0.1, 0.15) is 18.0 Å². The zero-order valence-corrected chi connectivity index (χ0v) is 12.3. The molecular formula is C16H22N2O3. The van der Waals surface area contributed by atoms with Crippen LogP contribution in [0.3, 0.4) is 0 Å². The molecule has 3 aliphatic rings. The second-order valence-corrected chi connectivity index (χ2v) is 6.15. The molecule has 0 aromatic heterocycles. The summed E-state index contributed by atoms with van der Waals surface area (Å²) in [5.41, 5.74) is 0.0173. The van der Waals surface area contributed by atoms with Crippen molar-refractivity contribution in [2.24, 2.45) is 5.92 Å². The average Bonchev–Trinajstić information content (AvgIpc) is 2.47. The Balaban J connectivity index is 1.58. The largest absolute Gasteiger partial charge is 0.491 e. The highest BCUT2D eigenvalue weighted by atomic mass is 16.5. The average molecular weight is 290 g/mol. The Morgan fingerprint density at radius 3 is 2.57 bits per heavy atom. The fraction of sp³-hybridized carbons (Fsp3) is 0.562. The summed E-state index contributed by atoms with van der Waals surface area (Å²) >= 11 is 0. The molecule has 1 unspecified atom stereocenters. The van der Waals surface area contributed by atoms with Crippen molar-refractivity contribution < 1.29 is 14.6 Å². The van der Waals surface area contributed by atoms with Crippen LogP contribution in [0, 0.1) is 5.92 Å². The Morgan fingerprint density at radius 2 is 2.05 bits per heavy atom. The van der Waals surface area contributed by atoms with Gasteiger partial charge in [0.15, 0.2) is 0 Å². The maximum atomic E-state index is 11.0. The number of hydrogen-bond donors (Lipinski definition) is 2. The van der Waals surface area contributed by atoms with E-state index < -0.39 is 5.60 Å². The van der Waals surface area contributed by atoms with Gasteiger partial charge in [-0.15, -0.1) is 0 Å². The van der Waals surface area contributed by atoms with Crippen molar-refractivity contribution in [1.82, 2.24) is 4.90 Å². The molecule has 1 aromatic carbocycles. The SMILES string of the molecule is CC(=O)Nc1ccc(OCC2(O)CN3CCC2CC3)cc1. The molecule has 0 spiro atoms. The normalized spacial score (nSPS) is 31.0. The molecule has 2 bridgehead atoms. The number of carbonyl (C=O) groups is 1. The molecule has 2 N–H and O–H groups in total. The van der Waals surface area contributed by atoms with Crippen LogP contribution in [-0.4, -0.2) is 47.8 Å². The third kappa shape index (κ3) is 3.19. The number of piperidine rings is 3. The van der Waals surface area contributed by atoms with Crippen LogP contribution in [0.2, 0.25) is 0 Å². The summed E-state index contributed by atoms with van der Waals surface area (Å²) in [6.45, 7) is 4.71. The predicted molar refractivity (Wildman–Crippen MR) is 80.4 cm³/mol. The number of benzene rings is 1. The van der Waals surface area contributed by atoms with Crippen molar-refractivity contribution in [3.8, 4) is 5.75 Å². The van der Waals surface area contributed by atoms with Gasteiger partial charge in [-0.05, 0) is 56.1 Å². The van der Waals surface area contributed by atoms with Gasteiger partial charge in [0.05, 0.1) is 0 Å². The smallest absolute Gasteiger partial charge is 0.221 e.